The van der Waals surface area contributed by atoms with Crippen LogP contribution in [-0.4, -0.2) is 22.4 Å². The summed E-state index contributed by atoms with van der Waals surface area (Å²) in [6, 6.07) is 0. The van der Waals surface area contributed by atoms with Crippen LogP contribution in [0.1, 0.15) is 120 Å². The number of allylic oxidation sites excluding steroid dienone is 2. The van der Waals surface area contributed by atoms with Gasteiger partial charge in [0.15, 0.2) is 0 Å². The summed E-state index contributed by atoms with van der Waals surface area (Å²) < 4.78 is 0. The van der Waals surface area contributed by atoms with E-state index in [9.17, 15) is 10.2 Å². The van der Waals surface area contributed by atoms with Crippen LogP contribution in [0.3, 0.4) is 0 Å². The highest BCUT2D eigenvalue weighted by Gasteiger charge is 2.68. The lowest BCUT2D eigenvalue weighted by Gasteiger charge is -2.71. The largest absolute Gasteiger partial charge is 0.390 e. The van der Waals surface area contributed by atoms with Gasteiger partial charge in [-0.15, -0.1) is 0 Å². The topological polar surface area (TPSA) is 40.5 Å². The van der Waals surface area contributed by atoms with Crippen LogP contribution in [-0.2, 0) is 0 Å². The number of aliphatic hydroxyl groups is 2. The van der Waals surface area contributed by atoms with Gasteiger partial charge in [0.1, 0.15) is 0 Å². The molecule has 2 N–H and O–H groups in total. The van der Waals surface area contributed by atoms with E-state index in [1.54, 1.807) is 0 Å². The summed E-state index contributed by atoms with van der Waals surface area (Å²) in [5.74, 6) is 1.12. The Morgan fingerprint density at radius 1 is 0.719 bits per heavy atom. The zero-order valence-corrected chi connectivity index (χ0v) is 22.3. The molecule has 4 saturated carbocycles. The molecule has 0 aromatic rings. The Kier molecular flexibility index (Phi) is 4.87. The average molecular weight is 443 g/mol. The summed E-state index contributed by atoms with van der Waals surface area (Å²) in [7, 11) is 0. The van der Waals surface area contributed by atoms with Gasteiger partial charge in [0.2, 0.25) is 0 Å². The van der Waals surface area contributed by atoms with Gasteiger partial charge in [0, 0.05) is 0 Å². The maximum atomic E-state index is 11.0. The molecule has 0 aromatic carbocycles. The minimum Gasteiger partial charge on any atom is -0.390 e. The van der Waals surface area contributed by atoms with Gasteiger partial charge in [-0.2, -0.15) is 0 Å². The summed E-state index contributed by atoms with van der Waals surface area (Å²) in [5, 5.41) is 21.9. The molecule has 0 bridgehead atoms. The summed E-state index contributed by atoms with van der Waals surface area (Å²) >= 11 is 0. The third kappa shape index (κ3) is 2.78. The van der Waals surface area contributed by atoms with E-state index in [0.29, 0.717) is 28.1 Å². The van der Waals surface area contributed by atoms with Crippen LogP contribution in [0.2, 0.25) is 0 Å². The lowest BCUT2D eigenvalue weighted by Crippen LogP contribution is -2.66. The molecule has 0 amide bonds. The molecule has 0 spiro atoms. The molecular weight excluding hydrogens is 392 g/mol. The van der Waals surface area contributed by atoms with E-state index in [2.05, 4.69) is 55.4 Å². The molecule has 2 heteroatoms. The zero-order chi connectivity index (χ0) is 23.5. The summed E-state index contributed by atoms with van der Waals surface area (Å²) in [5.41, 5.74) is 5.06. The summed E-state index contributed by atoms with van der Waals surface area (Å²) in [6.07, 6.45) is 11.3. The zero-order valence-electron chi connectivity index (χ0n) is 22.3. The van der Waals surface area contributed by atoms with Crippen molar-refractivity contribution in [3.63, 3.8) is 0 Å². The summed E-state index contributed by atoms with van der Waals surface area (Å²) in [6.45, 7) is 19.8. The average Bonchev–Trinajstić information content (AvgIpc) is 2.68. The van der Waals surface area contributed by atoms with Crippen molar-refractivity contribution in [1.82, 2.24) is 0 Å². The fourth-order valence-corrected chi connectivity index (χ4v) is 10.6. The van der Waals surface area contributed by atoms with Crippen molar-refractivity contribution in [2.75, 3.05) is 0 Å². The Morgan fingerprint density at radius 3 is 2.06 bits per heavy atom. The highest BCUT2D eigenvalue weighted by molar-refractivity contribution is 5.38. The van der Waals surface area contributed by atoms with Gasteiger partial charge in [0.05, 0.1) is 12.2 Å². The second-order valence-corrected chi connectivity index (χ2v) is 15.3. The normalized spacial score (nSPS) is 54.2. The van der Waals surface area contributed by atoms with Crippen LogP contribution >= 0.6 is 0 Å². The Labute approximate surface area is 197 Å². The first-order chi connectivity index (χ1) is 14.6. The van der Waals surface area contributed by atoms with Gasteiger partial charge in [-0.05, 0) is 109 Å². The van der Waals surface area contributed by atoms with Gasteiger partial charge < -0.3 is 10.2 Å². The minimum absolute atomic E-state index is 0.112. The highest BCUT2D eigenvalue weighted by Crippen LogP contribution is 2.75. The van der Waals surface area contributed by atoms with E-state index in [-0.39, 0.29) is 16.2 Å². The molecule has 0 aromatic heterocycles. The van der Waals surface area contributed by atoms with E-state index in [4.69, 9.17) is 0 Å². The first-order valence-corrected chi connectivity index (χ1v) is 13.7. The second-order valence-electron chi connectivity index (χ2n) is 15.3. The fraction of sp³-hybridized carbons (Fsp3) is 0.933. The Bertz CT molecular complexity index is 838. The Morgan fingerprint density at radius 2 is 1.38 bits per heavy atom. The summed E-state index contributed by atoms with van der Waals surface area (Å²) in [4.78, 5) is 0. The number of fused-ring (bicyclic) bond motifs is 6. The van der Waals surface area contributed by atoms with Crippen molar-refractivity contribution in [2.24, 2.45) is 44.3 Å². The predicted molar refractivity (Wildman–Crippen MR) is 132 cm³/mol. The van der Waals surface area contributed by atoms with E-state index < -0.39 is 12.2 Å². The van der Waals surface area contributed by atoms with Crippen molar-refractivity contribution in [3.8, 4) is 0 Å². The maximum Gasteiger partial charge on any atom is 0.0852 e. The minimum atomic E-state index is -0.596. The lowest BCUT2D eigenvalue weighted by molar-refractivity contribution is -0.233. The number of hydrogen-bond acceptors (Lipinski definition) is 2. The quantitative estimate of drug-likeness (QED) is 0.387. The second kappa shape index (κ2) is 6.66. The molecule has 0 saturated heterocycles. The molecule has 4 fully saturated rings. The van der Waals surface area contributed by atoms with Gasteiger partial charge in [0.25, 0.3) is 0 Å². The van der Waals surface area contributed by atoms with Crippen molar-refractivity contribution in [2.45, 2.75) is 132 Å². The van der Waals surface area contributed by atoms with Crippen LogP contribution < -0.4 is 0 Å². The van der Waals surface area contributed by atoms with Gasteiger partial charge >= 0.3 is 0 Å². The number of hydrogen-bond donors (Lipinski definition) is 2. The Balaban J connectivity index is 1.60. The molecule has 8 atom stereocenters. The van der Waals surface area contributed by atoms with Crippen molar-refractivity contribution in [3.05, 3.63) is 11.1 Å². The van der Waals surface area contributed by atoms with Crippen molar-refractivity contribution < 1.29 is 10.2 Å². The molecule has 0 radical (unpaired) electrons. The maximum absolute atomic E-state index is 11.0. The molecule has 5 rings (SSSR count). The molecular formula is C30H50O2. The smallest absolute Gasteiger partial charge is 0.0852 e. The van der Waals surface area contributed by atoms with Crippen LogP contribution in [0.5, 0.6) is 0 Å². The first-order valence-electron chi connectivity index (χ1n) is 13.7. The lowest BCUT2D eigenvalue weighted by atomic mass is 9.34. The van der Waals surface area contributed by atoms with Gasteiger partial charge in [-0.1, -0.05) is 66.5 Å². The molecule has 5 aliphatic carbocycles. The van der Waals surface area contributed by atoms with Crippen LogP contribution in [0, 0.1) is 44.3 Å². The highest BCUT2D eigenvalue weighted by atomic mass is 16.3. The molecule has 182 valence electrons. The third-order valence-electron chi connectivity index (χ3n) is 12.9. The van der Waals surface area contributed by atoms with Crippen LogP contribution in [0.4, 0.5) is 0 Å². The van der Waals surface area contributed by atoms with Gasteiger partial charge in [-0.25, -0.2) is 0 Å². The fourth-order valence-electron chi connectivity index (χ4n) is 10.6. The predicted octanol–water partition coefficient (Wildman–Crippen LogP) is 7.28. The van der Waals surface area contributed by atoms with E-state index in [1.807, 2.05) is 11.1 Å². The van der Waals surface area contributed by atoms with Crippen LogP contribution in [0.25, 0.3) is 0 Å². The van der Waals surface area contributed by atoms with Crippen molar-refractivity contribution in [1.29, 1.82) is 0 Å². The standard InChI is InChI=1S/C30H50O2/c1-25(2)13-14-27(5)15-16-29(7)19(20(27)17-25)9-10-23-28(6)18-21(31)24(32)26(3,4)22(28)11-12-30(23,29)8/h21-24,31-32H,9-18H2,1-8H3. The van der Waals surface area contributed by atoms with Crippen LogP contribution in [0.15, 0.2) is 11.1 Å². The molecule has 8 unspecified atom stereocenters. The SMILES string of the molecule is CC1(C)CCC2(C)CCC3(C)C(=C2C1)CCC1C2(C)CC(O)C(O)C(C)(C)C2CCC13C. The van der Waals surface area contributed by atoms with E-state index >= 15 is 0 Å². The third-order valence-corrected chi connectivity index (χ3v) is 12.9. The van der Waals surface area contributed by atoms with Crippen molar-refractivity contribution >= 4 is 0 Å². The monoisotopic (exact) mass is 442 g/mol. The molecule has 0 aliphatic heterocycles. The first kappa shape index (κ1) is 23.4. The Hall–Kier alpha value is -0.340. The van der Waals surface area contributed by atoms with E-state index in [0.717, 1.165) is 6.42 Å². The van der Waals surface area contributed by atoms with E-state index in [1.165, 1.54) is 57.8 Å². The molecule has 2 nitrogen and oxygen atoms in total. The molecule has 32 heavy (non-hydrogen) atoms. The van der Waals surface area contributed by atoms with Gasteiger partial charge in [-0.3, -0.25) is 0 Å². The number of rotatable bonds is 0. The number of aliphatic hydroxyl groups excluding tert-OH is 2. The molecule has 0 heterocycles. The molecule has 5 aliphatic rings.